The number of nitrogens with zero attached hydrogens (tertiary/aromatic N) is 1. The highest BCUT2D eigenvalue weighted by atomic mass is 32.2. The molecule has 0 spiro atoms. The summed E-state index contributed by atoms with van der Waals surface area (Å²) in [5.41, 5.74) is 8.27. The van der Waals surface area contributed by atoms with Crippen LogP contribution in [0.4, 0.5) is 5.69 Å². The molecule has 3 rings (SSSR count). The summed E-state index contributed by atoms with van der Waals surface area (Å²) in [4.78, 5) is 0. The van der Waals surface area contributed by atoms with Crippen LogP contribution in [0.3, 0.4) is 0 Å². The van der Waals surface area contributed by atoms with E-state index >= 15 is 0 Å². The highest BCUT2D eigenvalue weighted by Crippen LogP contribution is 2.34. The van der Waals surface area contributed by atoms with E-state index in [9.17, 15) is 8.42 Å². The van der Waals surface area contributed by atoms with Crippen molar-refractivity contribution in [2.45, 2.75) is 17.2 Å². The van der Waals surface area contributed by atoms with E-state index in [1.54, 1.807) is 11.4 Å². The second kappa shape index (κ2) is 4.63. The zero-order valence-electron chi connectivity index (χ0n) is 10.2. The smallest absolute Gasteiger partial charge is 0.273 e. The van der Waals surface area contributed by atoms with Gasteiger partial charge in [0.15, 0.2) is 0 Å². The van der Waals surface area contributed by atoms with Crippen molar-refractivity contribution in [3.05, 3.63) is 46.8 Å². The van der Waals surface area contributed by atoms with E-state index in [2.05, 4.69) is 0 Å². The monoisotopic (exact) mass is 294 g/mol. The van der Waals surface area contributed by atoms with Crippen LogP contribution in [-0.4, -0.2) is 15.0 Å². The molecule has 0 saturated carbocycles. The molecule has 19 heavy (non-hydrogen) atoms. The lowest BCUT2D eigenvalue weighted by atomic mass is 10.2. The second-order valence-electron chi connectivity index (χ2n) is 4.43. The number of thiophene rings is 1. The van der Waals surface area contributed by atoms with Crippen LogP contribution in [0.1, 0.15) is 11.1 Å². The number of para-hydroxylation sites is 1. The third-order valence-corrected chi connectivity index (χ3v) is 6.53. The van der Waals surface area contributed by atoms with Crippen LogP contribution in [0.2, 0.25) is 0 Å². The standard InChI is InChI=1S/C13H14N2O2S2/c14-8-10-7-13(18-9-10)19(16,17)15-6-5-11-3-1-2-4-12(11)15/h1-4,7,9H,5-6,8,14H2. The Morgan fingerprint density at radius 1 is 1.32 bits per heavy atom. The Morgan fingerprint density at radius 3 is 2.84 bits per heavy atom. The van der Waals surface area contributed by atoms with Crippen molar-refractivity contribution >= 4 is 27.0 Å². The van der Waals surface area contributed by atoms with E-state index in [0.29, 0.717) is 17.3 Å². The first-order valence-electron chi connectivity index (χ1n) is 6.01. The van der Waals surface area contributed by atoms with Gasteiger partial charge in [-0.25, -0.2) is 8.42 Å². The van der Waals surface area contributed by atoms with E-state index in [0.717, 1.165) is 23.2 Å². The van der Waals surface area contributed by atoms with E-state index in [4.69, 9.17) is 5.73 Å². The molecule has 4 nitrogen and oxygen atoms in total. The average Bonchev–Trinajstić information content (AvgIpc) is 3.06. The van der Waals surface area contributed by atoms with Gasteiger partial charge in [-0.15, -0.1) is 11.3 Å². The van der Waals surface area contributed by atoms with Crippen LogP contribution in [0.5, 0.6) is 0 Å². The molecule has 0 atom stereocenters. The summed E-state index contributed by atoms with van der Waals surface area (Å²) in [5.74, 6) is 0. The summed E-state index contributed by atoms with van der Waals surface area (Å²) in [5, 5.41) is 1.80. The third kappa shape index (κ3) is 2.05. The van der Waals surface area contributed by atoms with Gasteiger partial charge in [-0.05, 0) is 35.1 Å². The Bertz CT molecular complexity index is 707. The lowest BCUT2D eigenvalue weighted by Crippen LogP contribution is -2.28. The topological polar surface area (TPSA) is 63.4 Å². The lowest BCUT2D eigenvalue weighted by Gasteiger charge is -2.18. The number of rotatable bonds is 3. The average molecular weight is 294 g/mol. The van der Waals surface area contributed by atoms with E-state index < -0.39 is 10.0 Å². The highest BCUT2D eigenvalue weighted by Gasteiger charge is 2.31. The van der Waals surface area contributed by atoms with Crippen LogP contribution in [0.25, 0.3) is 0 Å². The third-order valence-electron chi connectivity index (χ3n) is 3.25. The molecule has 2 N–H and O–H groups in total. The van der Waals surface area contributed by atoms with E-state index in [1.807, 2.05) is 24.3 Å². The number of benzene rings is 1. The van der Waals surface area contributed by atoms with Crippen LogP contribution >= 0.6 is 11.3 Å². The van der Waals surface area contributed by atoms with Crippen molar-refractivity contribution in [2.24, 2.45) is 5.73 Å². The fourth-order valence-electron chi connectivity index (χ4n) is 2.26. The number of hydrogen-bond donors (Lipinski definition) is 1. The van der Waals surface area contributed by atoms with E-state index in [-0.39, 0.29) is 0 Å². The molecule has 6 heteroatoms. The molecule has 0 amide bonds. The maximum absolute atomic E-state index is 12.6. The highest BCUT2D eigenvalue weighted by molar-refractivity contribution is 7.94. The van der Waals surface area contributed by atoms with Gasteiger partial charge < -0.3 is 5.73 Å². The SMILES string of the molecule is NCc1csc(S(=O)(=O)N2CCc3ccccc32)c1. The predicted octanol–water partition coefficient (Wildman–Crippen LogP) is 1.96. The molecule has 1 aliphatic heterocycles. The number of nitrogens with two attached hydrogens (primary N) is 1. The summed E-state index contributed by atoms with van der Waals surface area (Å²) in [6, 6.07) is 9.31. The molecule has 1 aliphatic rings. The van der Waals surface area contributed by atoms with E-state index in [1.165, 1.54) is 15.6 Å². The molecule has 2 aromatic rings. The maximum Gasteiger partial charge on any atom is 0.273 e. The minimum absolute atomic E-state index is 0.364. The van der Waals surface area contributed by atoms with Crippen molar-refractivity contribution in [3.63, 3.8) is 0 Å². The van der Waals surface area contributed by atoms with Crippen molar-refractivity contribution in [1.82, 2.24) is 0 Å². The van der Waals surface area contributed by atoms with Crippen molar-refractivity contribution in [3.8, 4) is 0 Å². The largest absolute Gasteiger partial charge is 0.326 e. The molecular weight excluding hydrogens is 280 g/mol. The van der Waals surface area contributed by atoms with Crippen LogP contribution < -0.4 is 10.0 Å². The van der Waals surface area contributed by atoms with Crippen LogP contribution in [0.15, 0.2) is 39.9 Å². The number of fused-ring (bicyclic) bond motifs is 1. The van der Waals surface area contributed by atoms with Crippen LogP contribution in [0, 0.1) is 0 Å². The van der Waals surface area contributed by atoms with Gasteiger partial charge in [0.25, 0.3) is 10.0 Å². The van der Waals surface area contributed by atoms with Crippen molar-refractivity contribution in [1.29, 1.82) is 0 Å². The maximum atomic E-state index is 12.6. The normalized spacial score (nSPS) is 14.7. The molecule has 2 heterocycles. The molecule has 100 valence electrons. The molecule has 0 unspecified atom stereocenters. The fourth-order valence-corrected chi connectivity index (χ4v) is 5.10. The molecule has 1 aromatic carbocycles. The van der Waals surface area contributed by atoms with Crippen LogP contribution in [-0.2, 0) is 23.0 Å². The Labute approximate surface area is 116 Å². The molecule has 0 bridgehead atoms. The number of sulfonamides is 1. The van der Waals surface area contributed by atoms with Gasteiger partial charge in [0.1, 0.15) is 4.21 Å². The second-order valence-corrected chi connectivity index (χ2v) is 7.43. The quantitative estimate of drug-likeness (QED) is 0.941. The molecular formula is C13H14N2O2S2. The first-order chi connectivity index (χ1) is 9.13. The molecule has 1 aromatic heterocycles. The van der Waals surface area contributed by atoms with Gasteiger partial charge in [-0.1, -0.05) is 18.2 Å². The molecule has 0 aliphatic carbocycles. The van der Waals surface area contributed by atoms with Gasteiger partial charge in [0.2, 0.25) is 0 Å². The first-order valence-corrected chi connectivity index (χ1v) is 8.33. The van der Waals surface area contributed by atoms with Gasteiger partial charge in [0.05, 0.1) is 5.69 Å². The zero-order chi connectivity index (χ0) is 13.5. The molecule has 0 saturated heterocycles. The minimum atomic E-state index is -3.45. The first kappa shape index (κ1) is 12.7. The summed E-state index contributed by atoms with van der Waals surface area (Å²) in [7, 11) is -3.45. The Kier molecular flexibility index (Phi) is 3.08. The van der Waals surface area contributed by atoms with Gasteiger partial charge in [-0.3, -0.25) is 4.31 Å². The fraction of sp³-hybridized carbons (Fsp3) is 0.231. The summed E-state index contributed by atoms with van der Waals surface area (Å²) in [6.07, 6.45) is 0.768. The predicted molar refractivity (Wildman–Crippen MR) is 76.9 cm³/mol. The van der Waals surface area contributed by atoms with Gasteiger partial charge >= 0.3 is 0 Å². The van der Waals surface area contributed by atoms with Crippen molar-refractivity contribution < 1.29 is 8.42 Å². The molecule has 0 radical (unpaired) electrons. The Hall–Kier alpha value is -1.37. The number of hydrogen-bond acceptors (Lipinski definition) is 4. The van der Waals surface area contributed by atoms with Gasteiger partial charge in [0, 0.05) is 13.1 Å². The minimum Gasteiger partial charge on any atom is -0.326 e. The Morgan fingerprint density at radius 2 is 2.11 bits per heavy atom. The summed E-state index contributed by atoms with van der Waals surface area (Å²) in [6.45, 7) is 0.875. The zero-order valence-corrected chi connectivity index (χ0v) is 11.9. The number of anilines is 1. The lowest BCUT2D eigenvalue weighted by molar-refractivity contribution is 0.594. The summed E-state index contributed by atoms with van der Waals surface area (Å²) >= 11 is 1.23. The van der Waals surface area contributed by atoms with Gasteiger partial charge in [-0.2, -0.15) is 0 Å². The summed E-state index contributed by atoms with van der Waals surface area (Å²) < 4.78 is 27.1. The van der Waals surface area contributed by atoms with Crippen molar-refractivity contribution in [2.75, 3.05) is 10.8 Å². The Balaban J connectivity index is 2.03. The molecule has 0 fully saturated rings.